The monoisotopic (exact) mass is 164 g/mol. The van der Waals surface area contributed by atoms with E-state index in [9.17, 15) is 0 Å². The average Bonchev–Trinajstić information content (AvgIpc) is 1.88. The fourth-order valence-corrected chi connectivity index (χ4v) is 3.74. The fourth-order valence-electron chi connectivity index (χ4n) is 0.878. The average molecular weight is 164 g/mol. The second-order valence-corrected chi connectivity index (χ2v) is 5.56. The third-order valence-corrected chi connectivity index (χ3v) is 4.22. The Bertz CT molecular complexity index is 87.1. The highest BCUT2D eigenvalue weighted by molar-refractivity contribution is 8.17. The smallest absolute Gasteiger partial charge is 0.0550 e. The third kappa shape index (κ3) is 2.40. The molecule has 0 bridgehead atoms. The zero-order valence-corrected chi connectivity index (χ0v) is 7.17. The highest BCUT2D eigenvalue weighted by atomic mass is 32.2. The minimum Gasteiger partial charge on any atom is -0.395 e. The van der Waals surface area contributed by atoms with Crippen LogP contribution in [0.1, 0.15) is 13.3 Å². The van der Waals surface area contributed by atoms with Crippen LogP contribution in [0.4, 0.5) is 0 Å². The zero-order chi connectivity index (χ0) is 6.69. The molecule has 0 spiro atoms. The summed E-state index contributed by atoms with van der Waals surface area (Å²) in [6.07, 6.45) is 1.18. The van der Waals surface area contributed by atoms with Crippen molar-refractivity contribution in [2.24, 2.45) is 0 Å². The van der Waals surface area contributed by atoms with Gasteiger partial charge in [-0.05, 0) is 19.1 Å². The molecule has 1 fully saturated rings. The molecule has 1 aliphatic heterocycles. The van der Waals surface area contributed by atoms with Crippen LogP contribution in [0, 0.1) is 0 Å². The molecule has 0 aliphatic carbocycles. The van der Waals surface area contributed by atoms with Crippen LogP contribution in [0.25, 0.3) is 0 Å². The Morgan fingerprint density at radius 3 is 2.89 bits per heavy atom. The number of aliphatic hydroxyl groups is 1. The van der Waals surface area contributed by atoms with Crippen molar-refractivity contribution >= 4 is 23.5 Å². The largest absolute Gasteiger partial charge is 0.395 e. The molecule has 1 rings (SSSR count). The Kier molecular flexibility index (Phi) is 3.22. The van der Waals surface area contributed by atoms with E-state index in [1.807, 2.05) is 23.5 Å². The van der Waals surface area contributed by atoms with Gasteiger partial charge in [-0.2, -0.15) is 0 Å². The Morgan fingerprint density at radius 1 is 1.67 bits per heavy atom. The molecule has 2 unspecified atom stereocenters. The lowest BCUT2D eigenvalue weighted by atomic mass is 10.3. The molecular formula is C6H12OS2. The first-order valence-corrected chi connectivity index (χ1v) is 5.20. The van der Waals surface area contributed by atoms with Crippen LogP contribution < -0.4 is 0 Å². The van der Waals surface area contributed by atoms with Crippen molar-refractivity contribution in [3.63, 3.8) is 0 Å². The van der Waals surface area contributed by atoms with Gasteiger partial charge in [-0.3, -0.25) is 0 Å². The molecule has 0 aromatic carbocycles. The first-order chi connectivity index (χ1) is 4.33. The second-order valence-electron chi connectivity index (χ2n) is 2.17. The van der Waals surface area contributed by atoms with Crippen LogP contribution in [0.3, 0.4) is 0 Å². The van der Waals surface area contributed by atoms with Crippen LogP contribution in [0.2, 0.25) is 0 Å². The fraction of sp³-hybridized carbons (Fsp3) is 1.00. The molecule has 1 heterocycles. The summed E-state index contributed by atoms with van der Waals surface area (Å²) >= 11 is 3.89. The van der Waals surface area contributed by atoms with E-state index in [0.29, 0.717) is 16.4 Å². The lowest BCUT2D eigenvalue weighted by Crippen LogP contribution is -2.17. The van der Waals surface area contributed by atoms with E-state index in [1.54, 1.807) is 0 Å². The zero-order valence-electron chi connectivity index (χ0n) is 5.54. The van der Waals surface area contributed by atoms with Gasteiger partial charge in [0.15, 0.2) is 0 Å². The number of hydrogen-bond donors (Lipinski definition) is 1. The summed E-state index contributed by atoms with van der Waals surface area (Å²) in [5.41, 5.74) is 0. The molecule has 0 amide bonds. The lowest BCUT2D eigenvalue weighted by Gasteiger charge is -2.23. The van der Waals surface area contributed by atoms with Gasteiger partial charge in [0.2, 0.25) is 0 Å². The van der Waals surface area contributed by atoms with Crippen molar-refractivity contribution < 1.29 is 5.11 Å². The molecule has 1 saturated heterocycles. The van der Waals surface area contributed by atoms with Crippen molar-refractivity contribution in [1.29, 1.82) is 0 Å². The van der Waals surface area contributed by atoms with Crippen LogP contribution in [-0.2, 0) is 0 Å². The van der Waals surface area contributed by atoms with Gasteiger partial charge in [-0.25, -0.2) is 0 Å². The van der Waals surface area contributed by atoms with Crippen LogP contribution in [0.15, 0.2) is 0 Å². The van der Waals surface area contributed by atoms with Gasteiger partial charge < -0.3 is 5.11 Å². The van der Waals surface area contributed by atoms with Crippen molar-refractivity contribution in [2.75, 3.05) is 12.4 Å². The van der Waals surface area contributed by atoms with Crippen molar-refractivity contribution in [2.45, 2.75) is 23.2 Å². The normalized spacial score (nSPS) is 36.7. The van der Waals surface area contributed by atoms with Crippen molar-refractivity contribution in [3.8, 4) is 0 Å². The number of rotatable bonds is 1. The maximum absolute atomic E-state index is 8.78. The number of thioether (sulfide) groups is 2. The SMILES string of the molecule is CC1SCCC(CO)S1. The van der Waals surface area contributed by atoms with E-state index >= 15 is 0 Å². The van der Waals surface area contributed by atoms with Gasteiger partial charge in [0.1, 0.15) is 0 Å². The Hall–Kier alpha value is 0.660. The molecule has 0 aromatic rings. The first kappa shape index (κ1) is 7.76. The summed E-state index contributed by atoms with van der Waals surface area (Å²) < 4.78 is 0.691. The van der Waals surface area contributed by atoms with Gasteiger partial charge in [0.05, 0.1) is 6.61 Å². The summed E-state index contributed by atoms with van der Waals surface area (Å²) in [6.45, 7) is 2.56. The topological polar surface area (TPSA) is 20.2 Å². The molecule has 9 heavy (non-hydrogen) atoms. The molecule has 3 heteroatoms. The van der Waals surface area contributed by atoms with Gasteiger partial charge in [0, 0.05) is 9.83 Å². The summed E-state index contributed by atoms with van der Waals surface area (Å²) in [5.74, 6) is 1.22. The maximum atomic E-state index is 8.78. The molecule has 1 aliphatic rings. The highest BCUT2D eigenvalue weighted by Gasteiger charge is 2.18. The molecule has 54 valence electrons. The molecule has 0 aromatic heterocycles. The van der Waals surface area contributed by atoms with E-state index in [0.717, 1.165) is 0 Å². The first-order valence-electron chi connectivity index (χ1n) is 3.21. The summed E-state index contributed by atoms with van der Waals surface area (Å²) in [6, 6.07) is 0. The van der Waals surface area contributed by atoms with Crippen LogP contribution >= 0.6 is 23.5 Å². The van der Waals surface area contributed by atoms with Gasteiger partial charge in [0.25, 0.3) is 0 Å². The van der Waals surface area contributed by atoms with E-state index in [1.165, 1.54) is 12.2 Å². The Labute approximate surface area is 64.6 Å². The molecule has 0 radical (unpaired) electrons. The molecule has 1 N–H and O–H groups in total. The minimum atomic E-state index is 0.357. The van der Waals surface area contributed by atoms with Crippen LogP contribution in [0.5, 0.6) is 0 Å². The highest BCUT2D eigenvalue weighted by Crippen LogP contribution is 2.34. The molecule has 0 saturated carbocycles. The van der Waals surface area contributed by atoms with Gasteiger partial charge >= 0.3 is 0 Å². The van der Waals surface area contributed by atoms with E-state index < -0.39 is 0 Å². The number of aliphatic hydroxyl groups excluding tert-OH is 1. The molecular weight excluding hydrogens is 152 g/mol. The third-order valence-electron chi connectivity index (χ3n) is 1.38. The maximum Gasteiger partial charge on any atom is 0.0550 e. The van der Waals surface area contributed by atoms with E-state index in [4.69, 9.17) is 5.11 Å². The lowest BCUT2D eigenvalue weighted by molar-refractivity contribution is 0.292. The van der Waals surface area contributed by atoms with Gasteiger partial charge in [-0.15, -0.1) is 23.5 Å². The second kappa shape index (κ2) is 3.74. The summed E-state index contributed by atoms with van der Waals surface area (Å²) in [4.78, 5) is 0. The molecule has 1 nitrogen and oxygen atoms in total. The predicted octanol–water partition coefficient (Wildman–Crippen LogP) is 1.56. The Morgan fingerprint density at radius 2 is 2.44 bits per heavy atom. The molecule has 2 atom stereocenters. The van der Waals surface area contributed by atoms with E-state index in [-0.39, 0.29) is 0 Å². The predicted molar refractivity (Wildman–Crippen MR) is 45.0 cm³/mol. The number of hydrogen-bond acceptors (Lipinski definition) is 3. The van der Waals surface area contributed by atoms with Crippen LogP contribution in [-0.4, -0.2) is 27.3 Å². The van der Waals surface area contributed by atoms with Crippen molar-refractivity contribution in [1.82, 2.24) is 0 Å². The quantitative estimate of drug-likeness (QED) is 0.635. The van der Waals surface area contributed by atoms with E-state index in [2.05, 4.69) is 6.92 Å². The Balaban J connectivity index is 2.23. The minimum absolute atomic E-state index is 0.357. The van der Waals surface area contributed by atoms with Gasteiger partial charge in [-0.1, -0.05) is 0 Å². The standard InChI is InChI=1S/C6H12OS2/c1-5-8-3-2-6(4-7)9-5/h5-7H,2-4H2,1H3. The summed E-state index contributed by atoms with van der Waals surface area (Å²) in [7, 11) is 0. The summed E-state index contributed by atoms with van der Waals surface area (Å²) in [5, 5.41) is 9.29. The van der Waals surface area contributed by atoms with Crippen molar-refractivity contribution in [3.05, 3.63) is 0 Å².